The number of hydrogen-bond donors (Lipinski definition) is 1. The first kappa shape index (κ1) is 17.9. The highest BCUT2D eigenvalue weighted by Gasteiger charge is 2.18. The molecule has 2 rings (SSSR count). The average Bonchev–Trinajstić information content (AvgIpc) is 2.48. The van der Waals surface area contributed by atoms with E-state index in [9.17, 15) is 17.6 Å². The van der Waals surface area contributed by atoms with Crippen molar-refractivity contribution in [2.45, 2.75) is 13.8 Å². The van der Waals surface area contributed by atoms with Crippen LogP contribution in [-0.4, -0.2) is 27.6 Å². The van der Waals surface area contributed by atoms with Crippen molar-refractivity contribution in [3.05, 3.63) is 58.9 Å². The summed E-state index contributed by atoms with van der Waals surface area (Å²) in [5, 5.41) is 2.58. The van der Waals surface area contributed by atoms with Gasteiger partial charge in [0.05, 0.1) is 17.6 Å². The Morgan fingerprint density at radius 2 is 1.75 bits per heavy atom. The summed E-state index contributed by atoms with van der Waals surface area (Å²) in [5.41, 5.74) is 2.70. The number of hydrogen-bond acceptors (Lipinski definition) is 3. The second kappa shape index (κ2) is 6.60. The van der Waals surface area contributed by atoms with Crippen LogP contribution in [0.15, 0.2) is 36.4 Å². The summed E-state index contributed by atoms with van der Waals surface area (Å²) < 4.78 is 38.0. The second-order valence-corrected chi connectivity index (χ2v) is 7.66. The van der Waals surface area contributed by atoms with E-state index in [4.69, 9.17) is 0 Å². The number of sulfonamides is 1. The first-order valence-corrected chi connectivity index (χ1v) is 9.06. The summed E-state index contributed by atoms with van der Waals surface area (Å²) >= 11 is 0. The summed E-state index contributed by atoms with van der Waals surface area (Å²) in [5.74, 6) is -1.01. The number of benzene rings is 2. The molecule has 0 saturated carbocycles. The molecule has 0 saturated heterocycles. The van der Waals surface area contributed by atoms with E-state index in [0.717, 1.165) is 33.8 Å². The minimum atomic E-state index is -3.54. The molecule has 0 aliphatic carbocycles. The molecule has 0 bridgehead atoms. The molecule has 2 aromatic rings. The van der Waals surface area contributed by atoms with Crippen LogP contribution in [0.1, 0.15) is 21.5 Å². The average molecular weight is 350 g/mol. The molecule has 0 fully saturated rings. The number of nitrogens with zero attached hydrogens (tertiary/aromatic N) is 1. The van der Waals surface area contributed by atoms with Gasteiger partial charge < -0.3 is 5.32 Å². The van der Waals surface area contributed by atoms with Gasteiger partial charge in [0.2, 0.25) is 10.0 Å². The van der Waals surface area contributed by atoms with Crippen LogP contribution in [0.25, 0.3) is 0 Å². The fraction of sp³-hybridized carbons (Fsp3) is 0.235. The van der Waals surface area contributed by atoms with Crippen molar-refractivity contribution in [1.82, 2.24) is 0 Å². The van der Waals surface area contributed by atoms with Crippen molar-refractivity contribution in [1.29, 1.82) is 0 Å². The highest BCUT2D eigenvalue weighted by atomic mass is 32.2. The van der Waals surface area contributed by atoms with E-state index in [-0.39, 0.29) is 11.4 Å². The van der Waals surface area contributed by atoms with Gasteiger partial charge in [-0.05, 0) is 55.3 Å². The standard InChI is InChI=1S/C17H19FN2O3S/c1-11-5-6-13(9-12(11)2)17(21)19-15-10-14(18)7-8-16(15)20(3)24(4,22)23/h5-10H,1-4H3,(H,19,21). The van der Waals surface area contributed by atoms with Crippen LogP contribution in [0.3, 0.4) is 0 Å². The topological polar surface area (TPSA) is 66.5 Å². The smallest absolute Gasteiger partial charge is 0.255 e. The summed E-state index contributed by atoms with van der Waals surface area (Å²) in [7, 11) is -2.20. The lowest BCUT2D eigenvalue weighted by Gasteiger charge is -2.20. The van der Waals surface area contributed by atoms with Gasteiger partial charge >= 0.3 is 0 Å². The number of carbonyl (C=O) groups excluding carboxylic acids is 1. The molecule has 1 N–H and O–H groups in total. The van der Waals surface area contributed by atoms with Crippen LogP contribution in [-0.2, 0) is 10.0 Å². The number of halogens is 1. The third kappa shape index (κ3) is 3.91. The Balaban J connectivity index is 2.39. The molecule has 0 atom stereocenters. The maximum absolute atomic E-state index is 13.6. The van der Waals surface area contributed by atoms with Crippen LogP contribution in [0.5, 0.6) is 0 Å². The molecule has 0 unspecified atom stereocenters. The van der Waals surface area contributed by atoms with Gasteiger partial charge in [0.1, 0.15) is 5.82 Å². The van der Waals surface area contributed by atoms with E-state index in [1.807, 2.05) is 19.9 Å². The normalized spacial score (nSPS) is 11.2. The Morgan fingerprint density at radius 1 is 1.08 bits per heavy atom. The van der Waals surface area contributed by atoms with Crippen molar-refractivity contribution < 1.29 is 17.6 Å². The molecule has 24 heavy (non-hydrogen) atoms. The SMILES string of the molecule is Cc1ccc(C(=O)Nc2cc(F)ccc2N(C)S(C)(=O)=O)cc1C. The zero-order valence-electron chi connectivity index (χ0n) is 13.9. The first-order chi connectivity index (χ1) is 11.1. The van der Waals surface area contributed by atoms with Gasteiger partial charge in [0.15, 0.2) is 0 Å². The molecule has 0 aromatic heterocycles. The van der Waals surface area contributed by atoms with Crippen LogP contribution < -0.4 is 9.62 Å². The summed E-state index contributed by atoms with van der Waals surface area (Å²) in [4.78, 5) is 12.4. The summed E-state index contributed by atoms with van der Waals surface area (Å²) in [6.45, 7) is 3.82. The fourth-order valence-electron chi connectivity index (χ4n) is 2.14. The third-order valence-corrected chi connectivity index (χ3v) is 5.00. The van der Waals surface area contributed by atoms with Gasteiger partial charge in [0, 0.05) is 12.6 Å². The van der Waals surface area contributed by atoms with Crippen molar-refractivity contribution >= 4 is 27.3 Å². The third-order valence-electron chi connectivity index (χ3n) is 3.81. The fourth-order valence-corrected chi connectivity index (χ4v) is 2.66. The van der Waals surface area contributed by atoms with Gasteiger partial charge in [-0.15, -0.1) is 0 Å². The molecular formula is C17H19FN2O3S. The Morgan fingerprint density at radius 3 is 2.33 bits per heavy atom. The molecule has 0 aliphatic heterocycles. The highest BCUT2D eigenvalue weighted by molar-refractivity contribution is 7.92. The lowest BCUT2D eigenvalue weighted by atomic mass is 10.1. The number of amides is 1. The lowest BCUT2D eigenvalue weighted by Crippen LogP contribution is -2.26. The molecule has 1 amide bonds. The van der Waals surface area contributed by atoms with E-state index in [2.05, 4.69) is 5.32 Å². The van der Waals surface area contributed by atoms with Gasteiger partial charge in [-0.2, -0.15) is 0 Å². The maximum atomic E-state index is 13.6. The van der Waals surface area contributed by atoms with Crippen LogP contribution in [0, 0.1) is 19.7 Å². The van der Waals surface area contributed by atoms with E-state index >= 15 is 0 Å². The predicted molar refractivity (Wildman–Crippen MR) is 93.5 cm³/mol. The lowest BCUT2D eigenvalue weighted by molar-refractivity contribution is 0.102. The van der Waals surface area contributed by atoms with E-state index < -0.39 is 21.7 Å². The molecule has 5 nitrogen and oxygen atoms in total. The number of rotatable bonds is 4. The highest BCUT2D eigenvalue weighted by Crippen LogP contribution is 2.28. The molecule has 2 aromatic carbocycles. The predicted octanol–water partition coefficient (Wildman–Crippen LogP) is 3.09. The van der Waals surface area contributed by atoms with Gasteiger partial charge in [0.25, 0.3) is 5.91 Å². The van der Waals surface area contributed by atoms with E-state index in [1.54, 1.807) is 12.1 Å². The van der Waals surface area contributed by atoms with Crippen molar-refractivity contribution in [3.8, 4) is 0 Å². The molecule has 0 radical (unpaired) electrons. The Bertz CT molecular complexity index is 895. The number of carbonyl (C=O) groups is 1. The maximum Gasteiger partial charge on any atom is 0.255 e. The Labute approximate surface area is 141 Å². The number of aryl methyl sites for hydroxylation is 2. The number of nitrogens with one attached hydrogen (secondary N) is 1. The molecule has 0 heterocycles. The van der Waals surface area contributed by atoms with Crippen molar-refractivity contribution in [2.75, 3.05) is 22.9 Å². The zero-order valence-corrected chi connectivity index (χ0v) is 14.7. The number of anilines is 2. The molecular weight excluding hydrogens is 331 g/mol. The molecule has 7 heteroatoms. The van der Waals surface area contributed by atoms with Crippen molar-refractivity contribution in [2.24, 2.45) is 0 Å². The second-order valence-electron chi connectivity index (χ2n) is 5.65. The summed E-state index contributed by atoms with van der Waals surface area (Å²) in [6, 6.07) is 8.76. The van der Waals surface area contributed by atoms with Gasteiger partial charge in [-0.25, -0.2) is 12.8 Å². The Hall–Kier alpha value is -2.41. The molecule has 0 aliphatic rings. The van der Waals surface area contributed by atoms with Gasteiger partial charge in [-0.1, -0.05) is 6.07 Å². The van der Waals surface area contributed by atoms with E-state index in [1.165, 1.54) is 13.1 Å². The minimum Gasteiger partial charge on any atom is -0.320 e. The van der Waals surface area contributed by atoms with Gasteiger partial charge in [-0.3, -0.25) is 9.10 Å². The van der Waals surface area contributed by atoms with Crippen LogP contribution in [0.2, 0.25) is 0 Å². The molecule has 128 valence electrons. The zero-order chi connectivity index (χ0) is 18.1. The first-order valence-electron chi connectivity index (χ1n) is 7.21. The quantitative estimate of drug-likeness (QED) is 0.921. The largest absolute Gasteiger partial charge is 0.320 e. The molecule has 0 spiro atoms. The summed E-state index contributed by atoms with van der Waals surface area (Å²) in [6.07, 6.45) is 1.03. The Kier molecular flexibility index (Phi) is 4.94. The van der Waals surface area contributed by atoms with E-state index in [0.29, 0.717) is 5.56 Å². The monoisotopic (exact) mass is 350 g/mol. The minimum absolute atomic E-state index is 0.0890. The van der Waals surface area contributed by atoms with Crippen LogP contribution in [0.4, 0.5) is 15.8 Å². The van der Waals surface area contributed by atoms with Crippen LogP contribution >= 0.6 is 0 Å². The van der Waals surface area contributed by atoms with Crippen molar-refractivity contribution in [3.63, 3.8) is 0 Å².